The number of carbonyl (C=O) groups excluding carboxylic acids is 2. The quantitative estimate of drug-likeness (QED) is 0.0195. The summed E-state index contributed by atoms with van der Waals surface area (Å²) in [6.45, 7) is 5.74. The molecule has 1 aliphatic heterocycles. The molecule has 1 saturated heterocycles. The van der Waals surface area contributed by atoms with Gasteiger partial charge in [0.05, 0.1) is 25.4 Å². The van der Waals surface area contributed by atoms with Gasteiger partial charge in [0, 0.05) is 6.42 Å². The third-order valence-electron chi connectivity index (χ3n) is 14.6. The zero-order chi connectivity index (χ0) is 56.1. The second kappa shape index (κ2) is 53.7. The van der Waals surface area contributed by atoms with E-state index in [1.165, 1.54) is 122 Å². The van der Waals surface area contributed by atoms with Gasteiger partial charge in [0.2, 0.25) is 5.91 Å². The van der Waals surface area contributed by atoms with Crippen molar-refractivity contribution in [3.05, 3.63) is 72.9 Å². The number of hydrogen-bond acceptors (Lipinski definition) is 10. The standard InChI is InChI=1S/C66H117NO10/c1-4-7-10-13-16-19-22-25-27-28-29-30-31-32-33-36-39-42-45-48-51-54-61(71)77-64-63(73)62(72)60(55-68)76-66(64)75-56-57(58(69)52-49-46-43-40-37-34-24-21-18-15-12-9-6-3)67-65(74)59(70)53-50-47-44-41-38-35-26-23-20-17-14-11-8-5-2/h16,19-20,23,25,27,29-30,32-33,49,52,57-60,62-64,66,68-70,72-73H,4-15,17-18,21-22,24,26,28,31,34-48,50-51,53-56H2,1-3H3,(H,67,74)/b19-16-,23-20-,27-25-,30-29-,33-32-,52-49+. The van der Waals surface area contributed by atoms with Crippen LogP contribution in [0.2, 0.25) is 0 Å². The first-order chi connectivity index (χ1) is 37.7. The Kier molecular flexibility index (Phi) is 50.3. The summed E-state index contributed by atoms with van der Waals surface area (Å²) < 4.78 is 17.6. The van der Waals surface area contributed by atoms with E-state index in [1.807, 2.05) is 6.08 Å². The molecule has 0 spiro atoms. The van der Waals surface area contributed by atoms with Crippen LogP contribution >= 0.6 is 0 Å². The van der Waals surface area contributed by atoms with Gasteiger partial charge in [0.15, 0.2) is 12.4 Å². The van der Waals surface area contributed by atoms with Crippen molar-refractivity contribution < 1.29 is 49.3 Å². The Balaban J connectivity index is 2.69. The van der Waals surface area contributed by atoms with Crippen molar-refractivity contribution in [3.63, 3.8) is 0 Å². The average Bonchev–Trinajstić information content (AvgIpc) is 3.43. The fourth-order valence-corrected chi connectivity index (χ4v) is 9.51. The first-order valence-corrected chi connectivity index (χ1v) is 31.7. The van der Waals surface area contributed by atoms with E-state index in [2.05, 4.69) is 86.8 Å². The van der Waals surface area contributed by atoms with Crippen molar-refractivity contribution in [3.8, 4) is 0 Å². The predicted octanol–water partition coefficient (Wildman–Crippen LogP) is 15.2. The molecule has 0 radical (unpaired) electrons. The van der Waals surface area contributed by atoms with E-state index >= 15 is 0 Å². The molecule has 8 unspecified atom stereocenters. The second-order valence-electron chi connectivity index (χ2n) is 21.8. The maximum Gasteiger partial charge on any atom is 0.306 e. The number of aliphatic hydroxyl groups excluding tert-OH is 5. The van der Waals surface area contributed by atoms with Crippen LogP contribution in [0.1, 0.15) is 271 Å². The van der Waals surface area contributed by atoms with Crippen molar-refractivity contribution in [2.45, 2.75) is 320 Å². The van der Waals surface area contributed by atoms with E-state index in [-0.39, 0.29) is 19.4 Å². The van der Waals surface area contributed by atoms with Gasteiger partial charge in [-0.2, -0.15) is 0 Å². The molecule has 0 aromatic heterocycles. The Morgan fingerprint density at radius 1 is 0.506 bits per heavy atom. The third kappa shape index (κ3) is 41.7. The number of hydrogen-bond donors (Lipinski definition) is 6. The van der Waals surface area contributed by atoms with Gasteiger partial charge in [-0.25, -0.2) is 0 Å². The molecule has 1 heterocycles. The molecule has 0 saturated carbocycles. The number of carbonyl (C=O) groups is 2. The molecule has 0 aromatic rings. The monoisotopic (exact) mass is 1080 g/mol. The van der Waals surface area contributed by atoms with E-state index in [4.69, 9.17) is 14.2 Å². The predicted molar refractivity (Wildman–Crippen MR) is 319 cm³/mol. The van der Waals surface area contributed by atoms with Crippen molar-refractivity contribution in [1.82, 2.24) is 5.32 Å². The van der Waals surface area contributed by atoms with Crippen LogP contribution in [-0.2, 0) is 23.8 Å². The molecule has 11 nitrogen and oxygen atoms in total. The minimum Gasteiger partial charge on any atom is -0.454 e. The SMILES string of the molecule is CCCCC/C=C\C/C=C\C/C=C\C/C=C\CCCCCCCC(=O)OC1C(OCC(NC(=O)C(O)CCCCCCCC/C=C\CCCCCC)C(O)/C=C/CCCCCCCCCCCCC)OC(CO)C(O)C1O. The Labute approximate surface area is 471 Å². The lowest BCUT2D eigenvalue weighted by molar-refractivity contribution is -0.305. The lowest BCUT2D eigenvalue weighted by Gasteiger charge is -2.41. The Morgan fingerprint density at radius 2 is 0.896 bits per heavy atom. The summed E-state index contributed by atoms with van der Waals surface area (Å²) in [6.07, 6.45) is 57.8. The summed E-state index contributed by atoms with van der Waals surface area (Å²) >= 11 is 0. The molecule has 11 heteroatoms. The van der Waals surface area contributed by atoms with E-state index in [0.717, 1.165) is 103 Å². The van der Waals surface area contributed by atoms with Crippen LogP contribution < -0.4 is 5.32 Å². The molecule has 8 atom stereocenters. The first-order valence-electron chi connectivity index (χ1n) is 31.7. The van der Waals surface area contributed by atoms with E-state index in [1.54, 1.807) is 6.08 Å². The normalized spacial score (nSPS) is 19.5. The zero-order valence-electron chi connectivity index (χ0n) is 49.3. The molecule has 77 heavy (non-hydrogen) atoms. The van der Waals surface area contributed by atoms with Crippen LogP contribution in [0.3, 0.4) is 0 Å². The molecule has 0 bridgehead atoms. The molecule has 1 aliphatic rings. The number of nitrogens with one attached hydrogen (secondary N) is 1. The maximum absolute atomic E-state index is 13.4. The molecular formula is C66H117NO10. The van der Waals surface area contributed by atoms with Gasteiger partial charge in [-0.1, -0.05) is 241 Å². The van der Waals surface area contributed by atoms with E-state index in [0.29, 0.717) is 12.8 Å². The Morgan fingerprint density at radius 3 is 1.39 bits per heavy atom. The van der Waals surface area contributed by atoms with Crippen molar-refractivity contribution >= 4 is 11.9 Å². The van der Waals surface area contributed by atoms with Crippen molar-refractivity contribution in [2.75, 3.05) is 13.2 Å². The molecule has 6 N–H and O–H groups in total. The lowest BCUT2D eigenvalue weighted by atomic mass is 9.99. The highest BCUT2D eigenvalue weighted by Crippen LogP contribution is 2.26. The second-order valence-corrected chi connectivity index (χ2v) is 21.8. The largest absolute Gasteiger partial charge is 0.454 e. The molecule has 0 aromatic carbocycles. The molecule has 446 valence electrons. The molecule has 0 aliphatic carbocycles. The number of allylic oxidation sites excluding steroid dienone is 11. The minimum atomic E-state index is -1.62. The van der Waals surface area contributed by atoms with Gasteiger partial charge >= 0.3 is 5.97 Å². The van der Waals surface area contributed by atoms with Crippen LogP contribution in [0.25, 0.3) is 0 Å². The third-order valence-corrected chi connectivity index (χ3v) is 14.6. The number of unbranched alkanes of at least 4 members (excludes halogenated alkanes) is 29. The summed E-state index contributed by atoms with van der Waals surface area (Å²) in [4.78, 5) is 26.6. The molecule has 1 fully saturated rings. The summed E-state index contributed by atoms with van der Waals surface area (Å²) in [6, 6.07) is -1.03. The highest BCUT2D eigenvalue weighted by Gasteiger charge is 2.47. The molecular weight excluding hydrogens is 967 g/mol. The summed E-state index contributed by atoms with van der Waals surface area (Å²) in [5.41, 5.74) is 0. The van der Waals surface area contributed by atoms with Gasteiger partial charge in [-0.05, 0) is 96.3 Å². The highest BCUT2D eigenvalue weighted by atomic mass is 16.7. The highest BCUT2D eigenvalue weighted by molar-refractivity contribution is 5.80. The van der Waals surface area contributed by atoms with Crippen molar-refractivity contribution in [2.24, 2.45) is 0 Å². The number of rotatable bonds is 53. The minimum absolute atomic E-state index is 0.0999. The number of esters is 1. The van der Waals surface area contributed by atoms with Gasteiger partial charge in [0.25, 0.3) is 0 Å². The van der Waals surface area contributed by atoms with Crippen LogP contribution in [0, 0.1) is 0 Å². The van der Waals surface area contributed by atoms with Gasteiger partial charge in [0.1, 0.15) is 24.4 Å². The fourth-order valence-electron chi connectivity index (χ4n) is 9.51. The van der Waals surface area contributed by atoms with Crippen LogP contribution in [0.15, 0.2) is 72.9 Å². The summed E-state index contributed by atoms with van der Waals surface area (Å²) in [5, 5.41) is 57.0. The Bertz CT molecular complexity index is 1530. The average molecular weight is 1080 g/mol. The van der Waals surface area contributed by atoms with E-state index in [9.17, 15) is 35.1 Å². The van der Waals surface area contributed by atoms with Gasteiger partial charge in [-0.3, -0.25) is 9.59 Å². The van der Waals surface area contributed by atoms with Gasteiger partial charge < -0.3 is 45.1 Å². The van der Waals surface area contributed by atoms with Crippen LogP contribution in [0.5, 0.6) is 0 Å². The fraction of sp³-hybridized carbons (Fsp3) is 0.788. The summed E-state index contributed by atoms with van der Waals surface area (Å²) in [7, 11) is 0. The topological polar surface area (TPSA) is 175 Å². The number of ether oxygens (including phenoxy) is 3. The zero-order valence-corrected chi connectivity index (χ0v) is 49.3. The van der Waals surface area contributed by atoms with Crippen molar-refractivity contribution in [1.29, 1.82) is 0 Å². The smallest absolute Gasteiger partial charge is 0.306 e. The summed E-state index contributed by atoms with van der Waals surface area (Å²) in [5.74, 6) is -1.22. The van der Waals surface area contributed by atoms with Crippen LogP contribution in [0.4, 0.5) is 0 Å². The Hall–Kier alpha value is -2.90. The maximum atomic E-state index is 13.4. The van der Waals surface area contributed by atoms with Gasteiger partial charge in [-0.15, -0.1) is 0 Å². The first kappa shape index (κ1) is 72.1. The van der Waals surface area contributed by atoms with E-state index < -0.39 is 67.4 Å². The molecule has 1 rings (SSSR count). The lowest BCUT2D eigenvalue weighted by Crippen LogP contribution is -2.61. The van der Waals surface area contributed by atoms with Crippen LogP contribution in [-0.4, -0.2) is 99.6 Å². The number of amides is 1. The number of aliphatic hydroxyl groups is 5. The molecule has 1 amide bonds.